The van der Waals surface area contributed by atoms with Crippen LogP contribution in [-0.2, 0) is 0 Å². The highest BCUT2D eigenvalue weighted by atomic mass is 16.1. The Morgan fingerprint density at radius 1 is 1.24 bits per heavy atom. The molecule has 21 heavy (non-hydrogen) atoms. The molecule has 1 aliphatic rings. The Kier molecular flexibility index (Phi) is 3.92. The van der Waals surface area contributed by atoms with Gasteiger partial charge in [-0.25, -0.2) is 4.98 Å². The molecule has 7 heteroatoms. The third-order valence-electron chi connectivity index (χ3n) is 3.75. The van der Waals surface area contributed by atoms with Gasteiger partial charge in [0.25, 0.3) is 5.91 Å². The standard InChI is InChI=1S/C14H18N6O/c1-19-6-4-12(5-7-19)18-14(21)11-2-3-13(15-8-11)20-9-16-17-10-20/h2-3,8-10,12H,4-7H2,1H3,(H,18,21). The number of carbonyl (C=O) groups excluding carboxylic acids is 1. The lowest BCUT2D eigenvalue weighted by Crippen LogP contribution is -2.43. The molecule has 1 saturated heterocycles. The first kappa shape index (κ1) is 13.7. The SMILES string of the molecule is CN1CCC(NC(=O)c2ccc(-n3cnnc3)nc2)CC1. The number of pyridine rings is 1. The maximum atomic E-state index is 12.2. The molecular formula is C14H18N6O. The lowest BCUT2D eigenvalue weighted by atomic mass is 10.1. The van der Waals surface area contributed by atoms with E-state index in [1.54, 1.807) is 35.6 Å². The van der Waals surface area contributed by atoms with Crippen LogP contribution in [-0.4, -0.2) is 56.7 Å². The van der Waals surface area contributed by atoms with Crippen molar-refractivity contribution < 1.29 is 4.79 Å². The van der Waals surface area contributed by atoms with Gasteiger partial charge in [-0.3, -0.25) is 9.36 Å². The third-order valence-corrected chi connectivity index (χ3v) is 3.75. The number of nitrogens with one attached hydrogen (secondary N) is 1. The van der Waals surface area contributed by atoms with E-state index >= 15 is 0 Å². The molecule has 2 aromatic rings. The van der Waals surface area contributed by atoms with Gasteiger partial charge in [0.05, 0.1) is 5.56 Å². The quantitative estimate of drug-likeness (QED) is 0.888. The van der Waals surface area contributed by atoms with Crippen molar-refractivity contribution in [3.63, 3.8) is 0 Å². The van der Waals surface area contributed by atoms with Gasteiger partial charge in [-0.1, -0.05) is 0 Å². The van der Waals surface area contributed by atoms with Crippen LogP contribution in [0.3, 0.4) is 0 Å². The van der Waals surface area contributed by atoms with Crippen LogP contribution in [0.15, 0.2) is 31.0 Å². The third kappa shape index (κ3) is 3.25. The fourth-order valence-corrected chi connectivity index (χ4v) is 2.41. The number of likely N-dealkylation sites (tertiary alicyclic amines) is 1. The number of nitrogens with zero attached hydrogens (tertiary/aromatic N) is 5. The molecule has 1 aliphatic heterocycles. The summed E-state index contributed by atoms with van der Waals surface area (Å²) in [5.74, 6) is 0.628. The Morgan fingerprint density at radius 2 is 1.95 bits per heavy atom. The predicted molar refractivity (Wildman–Crippen MR) is 77.1 cm³/mol. The molecule has 0 aliphatic carbocycles. The lowest BCUT2D eigenvalue weighted by molar-refractivity contribution is 0.0916. The minimum absolute atomic E-state index is 0.0626. The second kappa shape index (κ2) is 6.01. The van der Waals surface area contributed by atoms with E-state index in [4.69, 9.17) is 0 Å². The number of carbonyl (C=O) groups is 1. The van der Waals surface area contributed by atoms with E-state index in [-0.39, 0.29) is 11.9 Å². The molecule has 0 saturated carbocycles. The highest BCUT2D eigenvalue weighted by molar-refractivity contribution is 5.94. The Labute approximate surface area is 123 Å². The average molecular weight is 286 g/mol. The molecule has 3 rings (SSSR count). The predicted octanol–water partition coefficient (Wildman–Crippen LogP) is 0.486. The van der Waals surface area contributed by atoms with Gasteiger partial charge in [-0.15, -0.1) is 10.2 Å². The second-order valence-electron chi connectivity index (χ2n) is 5.33. The average Bonchev–Trinajstić information content (AvgIpc) is 3.04. The van der Waals surface area contributed by atoms with E-state index in [2.05, 4.69) is 32.4 Å². The van der Waals surface area contributed by atoms with Crippen molar-refractivity contribution in [1.29, 1.82) is 0 Å². The van der Waals surface area contributed by atoms with E-state index in [9.17, 15) is 4.79 Å². The first-order valence-corrected chi connectivity index (χ1v) is 7.03. The monoisotopic (exact) mass is 286 g/mol. The van der Waals surface area contributed by atoms with Gasteiger partial charge in [0.2, 0.25) is 0 Å². The van der Waals surface area contributed by atoms with E-state index in [0.29, 0.717) is 11.4 Å². The summed E-state index contributed by atoms with van der Waals surface area (Å²) >= 11 is 0. The van der Waals surface area contributed by atoms with E-state index < -0.39 is 0 Å². The van der Waals surface area contributed by atoms with Crippen molar-refractivity contribution in [2.45, 2.75) is 18.9 Å². The van der Waals surface area contributed by atoms with Crippen LogP contribution >= 0.6 is 0 Å². The van der Waals surface area contributed by atoms with E-state index in [0.717, 1.165) is 25.9 Å². The summed E-state index contributed by atoms with van der Waals surface area (Å²) in [4.78, 5) is 18.7. The molecule has 7 nitrogen and oxygen atoms in total. The molecule has 0 atom stereocenters. The molecule has 0 aromatic carbocycles. The largest absolute Gasteiger partial charge is 0.349 e. The van der Waals surface area contributed by atoms with E-state index in [1.807, 2.05) is 0 Å². The molecule has 0 spiro atoms. The maximum Gasteiger partial charge on any atom is 0.253 e. The van der Waals surface area contributed by atoms with Crippen molar-refractivity contribution in [3.8, 4) is 5.82 Å². The number of aromatic nitrogens is 4. The zero-order valence-corrected chi connectivity index (χ0v) is 11.9. The molecule has 1 fully saturated rings. The molecule has 3 heterocycles. The molecule has 110 valence electrons. The molecule has 0 radical (unpaired) electrons. The zero-order chi connectivity index (χ0) is 14.7. The number of hydrogen-bond acceptors (Lipinski definition) is 5. The van der Waals surface area contributed by atoms with Gasteiger partial charge in [0, 0.05) is 12.2 Å². The van der Waals surface area contributed by atoms with Gasteiger partial charge in [0.1, 0.15) is 18.5 Å². The Morgan fingerprint density at radius 3 is 2.57 bits per heavy atom. The Balaban J connectivity index is 1.62. The van der Waals surface area contributed by atoms with Gasteiger partial charge in [-0.2, -0.15) is 0 Å². The number of amides is 1. The van der Waals surface area contributed by atoms with Crippen LogP contribution in [0.25, 0.3) is 5.82 Å². The molecule has 2 aromatic heterocycles. The summed E-state index contributed by atoms with van der Waals surface area (Å²) in [7, 11) is 2.10. The van der Waals surface area contributed by atoms with Crippen LogP contribution < -0.4 is 5.32 Å². The summed E-state index contributed by atoms with van der Waals surface area (Å²) < 4.78 is 1.69. The van der Waals surface area contributed by atoms with Crippen LogP contribution in [0.2, 0.25) is 0 Å². The smallest absolute Gasteiger partial charge is 0.253 e. The van der Waals surface area contributed by atoms with Crippen LogP contribution in [0.1, 0.15) is 23.2 Å². The summed E-state index contributed by atoms with van der Waals surface area (Å²) in [6, 6.07) is 3.81. The first-order valence-electron chi connectivity index (χ1n) is 7.03. The normalized spacial score (nSPS) is 16.8. The zero-order valence-electron chi connectivity index (χ0n) is 11.9. The highest BCUT2D eigenvalue weighted by Gasteiger charge is 2.19. The lowest BCUT2D eigenvalue weighted by Gasteiger charge is -2.29. The number of rotatable bonds is 3. The number of piperidine rings is 1. The Hall–Kier alpha value is -2.28. The molecule has 0 unspecified atom stereocenters. The Bertz CT molecular complexity index is 586. The van der Waals surface area contributed by atoms with Crippen molar-refractivity contribution in [3.05, 3.63) is 36.5 Å². The van der Waals surface area contributed by atoms with Gasteiger partial charge >= 0.3 is 0 Å². The van der Waals surface area contributed by atoms with Crippen LogP contribution in [0.5, 0.6) is 0 Å². The fraction of sp³-hybridized carbons (Fsp3) is 0.429. The minimum atomic E-state index is -0.0626. The summed E-state index contributed by atoms with van der Waals surface area (Å²) in [6.45, 7) is 2.05. The summed E-state index contributed by atoms with van der Waals surface area (Å²) in [5.41, 5.74) is 0.575. The van der Waals surface area contributed by atoms with Gasteiger partial charge in [0.15, 0.2) is 0 Å². The highest BCUT2D eigenvalue weighted by Crippen LogP contribution is 2.10. The van der Waals surface area contributed by atoms with Crippen LogP contribution in [0, 0.1) is 0 Å². The molecular weight excluding hydrogens is 268 g/mol. The summed E-state index contributed by atoms with van der Waals surface area (Å²) in [5, 5.41) is 10.5. The van der Waals surface area contributed by atoms with Gasteiger partial charge < -0.3 is 10.2 Å². The van der Waals surface area contributed by atoms with Crippen molar-refractivity contribution in [2.24, 2.45) is 0 Å². The molecule has 1 N–H and O–H groups in total. The molecule has 1 amide bonds. The first-order chi connectivity index (χ1) is 10.2. The van der Waals surface area contributed by atoms with E-state index in [1.165, 1.54) is 0 Å². The van der Waals surface area contributed by atoms with Crippen LogP contribution in [0.4, 0.5) is 0 Å². The van der Waals surface area contributed by atoms with Crippen molar-refractivity contribution >= 4 is 5.91 Å². The minimum Gasteiger partial charge on any atom is -0.349 e. The van der Waals surface area contributed by atoms with Crippen molar-refractivity contribution in [1.82, 2.24) is 30.0 Å². The van der Waals surface area contributed by atoms with Crippen molar-refractivity contribution in [2.75, 3.05) is 20.1 Å². The second-order valence-corrected chi connectivity index (χ2v) is 5.33. The topological polar surface area (TPSA) is 75.9 Å². The fourth-order valence-electron chi connectivity index (χ4n) is 2.41. The number of hydrogen-bond donors (Lipinski definition) is 1. The summed E-state index contributed by atoms with van der Waals surface area (Å²) in [6.07, 6.45) is 6.71. The van der Waals surface area contributed by atoms with Gasteiger partial charge in [-0.05, 0) is 45.1 Å². The maximum absolute atomic E-state index is 12.2. The molecule has 0 bridgehead atoms.